The van der Waals surface area contributed by atoms with Gasteiger partial charge in [-0.15, -0.1) is 5.10 Å². The molecule has 1 N–H and O–H groups in total. The van der Waals surface area contributed by atoms with E-state index in [0.717, 1.165) is 0 Å². The molecular formula is C9H15N5O3. The van der Waals surface area contributed by atoms with E-state index >= 15 is 0 Å². The van der Waals surface area contributed by atoms with Crippen molar-refractivity contribution in [1.82, 2.24) is 19.9 Å². The maximum Gasteiger partial charge on any atom is 0.412 e. The van der Waals surface area contributed by atoms with Gasteiger partial charge in [0.25, 0.3) is 0 Å². The molecule has 8 heteroatoms. The van der Waals surface area contributed by atoms with Crippen LogP contribution in [0.25, 0.3) is 0 Å². The third-order valence-electron chi connectivity index (χ3n) is 1.82. The highest BCUT2D eigenvalue weighted by Crippen LogP contribution is 2.00. The number of hydrogen-bond donors (Lipinski definition) is 1. The summed E-state index contributed by atoms with van der Waals surface area (Å²) in [6.45, 7) is 2.00. The highest BCUT2D eigenvalue weighted by atomic mass is 16.5. The highest BCUT2D eigenvalue weighted by molar-refractivity contribution is 5.83. The molecule has 0 unspecified atom stereocenters. The van der Waals surface area contributed by atoms with Crippen LogP contribution in [0, 0.1) is 0 Å². The minimum Gasteiger partial charge on any atom is -0.450 e. The van der Waals surface area contributed by atoms with Crippen LogP contribution in [0.3, 0.4) is 0 Å². The second-order valence-electron chi connectivity index (χ2n) is 3.39. The van der Waals surface area contributed by atoms with E-state index in [4.69, 9.17) is 0 Å². The third-order valence-corrected chi connectivity index (χ3v) is 1.82. The predicted octanol–water partition coefficient (Wildman–Crippen LogP) is -0.0653. The average Bonchev–Trinajstić information content (AvgIpc) is 2.65. The van der Waals surface area contributed by atoms with Crippen LogP contribution in [0.2, 0.25) is 0 Å². The van der Waals surface area contributed by atoms with Gasteiger partial charge >= 0.3 is 6.09 Å². The largest absolute Gasteiger partial charge is 0.450 e. The van der Waals surface area contributed by atoms with Crippen LogP contribution >= 0.6 is 0 Å². The van der Waals surface area contributed by atoms with Crippen LogP contribution in [0.1, 0.15) is 6.92 Å². The van der Waals surface area contributed by atoms with Gasteiger partial charge in [0, 0.05) is 14.1 Å². The first-order valence-corrected chi connectivity index (χ1v) is 5.07. The van der Waals surface area contributed by atoms with Crippen molar-refractivity contribution in [2.45, 2.75) is 13.5 Å². The summed E-state index contributed by atoms with van der Waals surface area (Å²) >= 11 is 0. The molecule has 17 heavy (non-hydrogen) atoms. The Morgan fingerprint density at radius 3 is 2.82 bits per heavy atom. The standard InChI is InChI=1S/C9H15N5O3/c1-4-17-9(16)11-7-5-10-14(12-7)6-8(15)13(2)3/h5H,4,6H2,1-3H3,(H,11,12,16). The van der Waals surface area contributed by atoms with Gasteiger partial charge in [0.15, 0.2) is 5.82 Å². The quantitative estimate of drug-likeness (QED) is 0.797. The van der Waals surface area contributed by atoms with Gasteiger partial charge in [0.1, 0.15) is 6.54 Å². The molecule has 0 radical (unpaired) electrons. The minimum absolute atomic E-state index is 0.0253. The smallest absolute Gasteiger partial charge is 0.412 e. The van der Waals surface area contributed by atoms with Crippen molar-refractivity contribution >= 4 is 17.8 Å². The van der Waals surface area contributed by atoms with Gasteiger partial charge in [-0.25, -0.2) is 4.79 Å². The fourth-order valence-corrected chi connectivity index (χ4v) is 0.965. The normalized spacial score (nSPS) is 9.82. The first kappa shape index (κ1) is 12.9. The van der Waals surface area contributed by atoms with E-state index in [1.165, 1.54) is 15.9 Å². The lowest BCUT2D eigenvalue weighted by atomic mass is 10.6. The first-order chi connectivity index (χ1) is 8.02. The highest BCUT2D eigenvalue weighted by Gasteiger charge is 2.09. The fraction of sp³-hybridized carbons (Fsp3) is 0.556. The summed E-state index contributed by atoms with van der Waals surface area (Å²) in [5.74, 6) is 0.110. The number of nitrogens with one attached hydrogen (secondary N) is 1. The number of aromatic nitrogens is 3. The Morgan fingerprint density at radius 1 is 1.53 bits per heavy atom. The van der Waals surface area contributed by atoms with Gasteiger partial charge in [0.05, 0.1) is 12.8 Å². The van der Waals surface area contributed by atoms with Crippen molar-refractivity contribution in [1.29, 1.82) is 0 Å². The lowest BCUT2D eigenvalue weighted by Gasteiger charge is -2.08. The summed E-state index contributed by atoms with van der Waals surface area (Å²) in [6, 6.07) is 0. The summed E-state index contributed by atoms with van der Waals surface area (Å²) in [6.07, 6.45) is 0.748. The number of nitrogens with zero attached hydrogens (tertiary/aromatic N) is 4. The van der Waals surface area contributed by atoms with Gasteiger partial charge in [-0.1, -0.05) is 0 Å². The zero-order valence-corrected chi connectivity index (χ0v) is 10.0. The molecular weight excluding hydrogens is 226 g/mol. The Kier molecular flexibility index (Phi) is 4.44. The molecule has 1 aromatic heterocycles. The lowest BCUT2D eigenvalue weighted by Crippen LogP contribution is -2.27. The number of carbonyl (C=O) groups excluding carboxylic acids is 2. The molecule has 0 atom stereocenters. The zero-order valence-electron chi connectivity index (χ0n) is 10.0. The van der Waals surface area contributed by atoms with Gasteiger partial charge in [-0.05, 0) is 6.92 Å². The second-order valence-corrected chi connectivity index (χ2v) is 3.39. The number of anilines is 1. The molecule has 94 valence electrons. The molecule has 0 saturated carbocycles. The Hall–Kier alpha value is -2.12. The van der Waals surface area contributed by atoms with E-state index in [2.05, 4.69) is 20.3 Å². The molecule has 0 spiro atoms. The molecule has 1 rings (SSSR count). The summed E-state index contributed by atoms with van der Waals surface area (Å²) in [4.78, 5) is 25.1. The van der Waals surface area contributed by atoms with Gasteiger partial charge in [-0.3, -0.25) is 10.1 Å². The minimum atomic E-state index is -0.599. The van der Waals surface area contributed by atoms with Gasteiger partial charge in [-0.2, -0.15) is 9.90 Å². The molecule has 0 aliphatic carbocycles. The average molecular weight is 241 g/mol. The van der Waals surface area contributed by atoms with E-state index < -0.39 is 6.09 Å². The van der Waals surface area contributed by atoms with Crippen molar-refractivity contribution in [3.63, 3.8) is 0 Å². The van der Waals surface area contributed by atoms with Gasteiger partial charge in [0.2, 0.25) is 5.91 Å². The van der Waals surface area contributed by atoms with Crippen LogP contribution in [-0.4, -0.2) is 52.6 Å². The first-order valence-electron chi connectivity index (χ1n) is 5.07. The maximum atomic E-state index is 11.4. The molecule has 0 saturated heterocycles. The van der Waals surface area contributed by atoms with Gasteiger partial charge < -0.3 is 9.64 Å². The molecule has 0 fully saturated rings. The van der Waals surface area contributed by atoms with Crippen molar-refractivity contribution in [2.24, 2.45) is 0 Å². The number of rotatable bonds is 4. The number of ether oxygens (including phenoxy) is 1. The summed E-state index contributed by atoms with van der Waals surface area (Å²) in [5, 5.41) is 10.1. The van der Waals surface area contributed by atoms with Crippen molar-refractivity contribution in [2.75, 3.05) is 26.0 Å². The van der Waals surface area contributed by atoms with Crippen LogP contribution in [0.5, 0.6) is 0 Å². The predicted molar refractivity (Wildman–Crippen MR) is 59.4 cm³/mol. The molecule has 0 aliphatic rings. The molecule has 8 nitrogen and oxygen atoms in total. The third kappa shape index (κ3) is 4.09. The van der Waals surface area contributed by atoms with E-state index in [1.807, 2.05) is 0 Å². The topological polar surface area (TPSA) is 89.3 Å². The molecule has 1 heterocycles. The Balaban J connectivity index is 2.53. The van der Waals surface area contributed by atoms with Crippen molar-refractivity contribution in [3.05, 3.63) is 6.20 Å². The van der Waals surface area contributed by atoms with Crippen LogP contribution in [-0.2, 0) is 16.1 Å². The number of carbonyl (C=O) groups is 2. The number of amides is 2. The van der Waals surface area contributed by atoms with E-state index in [0.29, 0.717) is 0 Å². The monoisotopic (exact) mass is 241 g/mol. The summed E-state index contributed by atoms with van der Waals surface area (Å²) in [7, 11) is 3.28. The van der Waals surface area contributed by atoms with E-state index in [9.17, 15) is 9.59 Å². The number of likely N-dealkylation sites (N-methyl/N-ethyl adjacent to an activating group) is 1. The second kappa shape index (κ2) is 5.83. The van der Waals surface area contributed by atoms with Crippen molar-refractivity contribution in [3.8, 4) is 0 Å². The lowest BCUT2D eigenvalue weighted by molar-refractivity contribution is -0.129. The zero-order chi connectivity index (χ0) is 12.8. The van der Waals surface area contributed by atoms with Crippen LogP contribution in [0.15, 0.2) is 6.20 Å². The molecule has 0 bridgehead atoms. The maximum absolute atomic E-state index is 11.4. The molecule has 0 aliphatic heterocycles. The van der Waals surface area contributed by atoms with E-state index in [1.54, 1.807) is 21.0 Å². The van der Waals surface area contributed by atoms with Crippen LogP contribution < -0.4 is 5.32 Å². The number of hydrogen-bond acceptors (Lipinski definition) is 5. The SMILES string of the molecule is CCOC(=O)Nc1cnn(CC(=O)N(C)C)n1. The molecule has 0 aromatic carbocycles. The summed E-state index contributed by atoms with van der Waals surface area (Å²) in [5.41, 5.74) is 0. The summed E-state index contributed by atoms with van der Waals surface area (Å²) < 4.78 is 4.67. The van der Waals surface area contributed by atoms with Crippen LogP contribution in [0.4, 0.5) is 10.6 Å². The molecule has 2 amide bonds. The van der Waals surface area contributed by atoms with Crippen molar-refractivity contribution < 1.29 is 14.3 Å². The fourth-order valence-electron chi connectivity index (χ4n) is 0.965. The Bertz CT molecular complexity index is 401. The Morgan fingerprint density at radius 2 is 2.24 bits per heavy atom. The molecule has 1 aromatic rings. The Labute approximate surface area is 98.5 Å². The van der Waals surface area contributed by atoms with E-state index in [-0.39, 0.29) is 24.9 Å².